The summed E-state index contributed by atoms with van der Waals surface area (Å²) in [5, 5.41) is 3.82. The second-order valence-electron chi connectivity index (χ2n) is 9.75. The van der Waals surface area contributed by atoms with Gasteiger partial charge in [-0.15, -0.1) is 0 Å². The highest BCUT2D eigenvalue weighted by atomic mass is 79.9. The lowest BCUT2D eigenvalue weighted by Gasteiger charge is -2.20. The largest absolute Gasteiger partial charge is 0.455 e. The summed E-state index contributed by atoms with van der Waals surface area (Å²) < 4.78 is 6.09. The second kappa shape index (κ2) is 10.6. The van der Waals surface area contributed by atoms with E-state index in [1.54, 1.807) is 12.1 Å². The van der Waals surface area contributed by atoms with Crippen LogP contribution in [0.5, 0.6) is 0 Å². The molecule has 1 atom stereocenters. The van der Waals surface area contributed by atoms with Crippen LogP contribution in [0.2, 0.25) is 0 Å². The van der Waals surface area contributed by atoms with Crippen molar-refractivity contribution in [1.82, 2.24) is 10.4 Å². The van der Waals surface area contributed by atoms with Crippen molar-refractivity contribution in [3.8, 4) is 0 Å². The fourth-order valence-electron chi connectivity index (χ4n) is 3.75. The summed E-state index contributed by atoms with van der Waals surface area (Å²) in [4.78, 5) is 49.6. The first-order valence-corrected chi connectivity index (χ1v) is 12.1. The summed E-state index contributed by atoms with van der Waals surface area (Å²) in [6.45, 7) is 9.58. The van der Waals surface area contributed by atoms with Crippen LogP contribution in [0.1, 0.15) is 54.2 Å². The lowest BCUT2D eigenvalue weighted by Crippen LogP contribution is -2.43. The third kappa shape index (κ3) is 6.69. The minimum Gasteiger partial charge on any atom is -0.455 e. The van der Waals surface area contributed by atoms with Gasteiger partial charge in [-0.05, 0) is 60.2 Å². The Morgan fingerprint density at radius 3 is 2.26 bits per heavy atom. The molecule has 186 valence electrons. The molecule has 2 aromatic rings. The second-order valence-corrected chi connectivity index (χ2v) is 10.5. The molecule has 9 heteroatoms. The van der Waals surface area contributed by atoms with Crippen LogP contribution in [0.3, 0.4) is 0 Å². The first-order chi connectivity index (χ1) is 16.3. The maximum Gasteiger partial charge on any atom is 0.311 e. The molecule has 0 spiro atoms. The molecule has 1 fully saturated rings. The topological polar surface area (TPSA) is 105 Å². The summed E-state index contributed by atoms with van der Waals surface area (Å²) in [6, 6.07) is 10.8. The van der Waals surface area contributed by atoms with Crippen LogP contribution in [0.4, 0.5) is 5.69 Å². The van der Waals surface area contributed by atoms with E-state index in [1.165, 1.54) is 0 Å². The van der Waals surface area contributed by atoms with Gasteiger partial charge in [0.25, 0.3) is 11.8 Å². The van der Waals surface area contributed by atoms with E-state index in [1.807, 2.05) is 38.1 Å². The molecule has 3 amide bonds. The summed E-state index contributed by atoms with van der Waals surface area (Å²) in [5.41, 5.74) is 6.54. The Morgan fingerprint density at radius 1 is 1.09 bits per heavy atom. The Hall–Kier alpha value is -3.20. The molecule has 0 aromatic heterocycles. The number of halogens is 1. The molecule has 1 saturated heterocycles. The van der Waals surface area contributed by atoms with Crippen molar-refractivity contribution in [2.24, 2.45) is 5.92 Å². The molecular formula is C26H30BrN3O5. The van der Waals surface area contributed by atoms with Crippen molar-refractivity contribution in [3.63, 3.8) is 0 Å². The summed E-state index contributed by atoms with van der Waals surface area (Å²) in [7, 11) is 0. The number of aryl methyl sites for hydroxylation is 2. The van der Waals surface area contributed by atoms with E-state index in [9.17, 15) is 19.2 Å². The Morgan fingerprint density at radius 2 is 1.69 bits per heavy atom. The van der Waals surface area contributed by atoms with Gasteiger partial charge in [0.05, 0.1) is 12.5 Å². The average molecular weight is 544 g/mol. The molecule has 2 N–H and O–H groups in total. The number of amides is 3. The molecule has 8 nitrogen and oxygen atoms in total. The molecule has 1 aliphatic heterocycles. The van der Waals surface area contributed by atoms with Crippen molar-refractivity contribution < 1.29 is 23.9 Å². The van der Waals surface area contributed by atoms with Crippen LogP contribution < -0.4 is 10.7 Å². The van der Waals surface area contributed by atoms with E-state index in [0.29, 0.717) is 11.3 Å². The van der Waals surface area contributed by atoms with Gasteiger partial charge in [0.15, 0.2) is 6.61 Å². The fraction of sp³-hybridized carbons (Fsp3) is 0.385. The molecule has 2 aromatic carbocycles. The van der Waals surface area contributed by atoms with Crippen molar-refractivity contribution in [3.05, 3.63) is 63.1 Å². The Kier molecular flexibility index (Phi) is 8.00. The van der Waals surface area contributed by atoms with Gasteiger partial charge in [0.2, 0.25) is 5.91 Å². The zero-order valence-electron chi connectivity index (χ0n) is 20.5. The summed E-state index contributed by atoms with van der Waals surface area (Å²) >= 11 is 3.47. The number of ether oxygens (including phenoxy) is 1. The van der Waals surface area contributed by atoms with Crippen LogP contribution >= 0.6 is 15.9 Å². The predicted octanol–water partition coefficient (Wildman–Crippen LogP) is 4.04. The SMILES string of the molecule is Cc1cc(NC(=O)COC(=O)[C@H]2CC(=O)N(NC(=O)c3ccc(C(C)(C)C)cc3)C2)cc(C)c1Br. The number of anilines is 1. The minimum absolute atomic E-state index is 0.0177. The van der Waals surface area contributed by atoms with Crippen LogP contribution in [-0.2, 0) is 24.5 Å². The Labute approximate surface area is 213 Å². The van der Waals surface area contributed by atoms with E-state index < -0.39 is 36.2 Å². The van der Waals surface area contributed by atoms with E-state index in [2.05, 4.69) is 47.4 Å². The highest BCUT2D eigenvalue weighted by Crippen LogP contribution is 2.25. The lowest BCUT2D eigenvalue weighted by molar-refractivity contribution is -0.151. The molecular weight excluding hydrogens is 514 g/mol. The van der Waals surface area contributed by atoms with Crippen LogP contribution in [-0.4, -0.2) is 41.9 Å². The third-order valence-corrected chi connectivity index (χ3v) is 7.02. The molecule has 0 aliphatic carbocycles. The van der Waals surface area contributed by atoms with E-state index in [-0.39, 0.29) is 18.4 Å². The zero-order valence-corrected chi connectivity index (χ0v) is 22.1. The van der Waals surface area contributed by atoms with Gasteiger partial charge in [-0.2, -0.15) is 0 Å². The molecule has 0 bridgehead atoms. The van der Waals surface area contributed by atoms with Gasteiger partial charge in [-0.25, -0.2) is 0 Å². The molecule has 0 radical (unpaired) electrons. The van der Waals surface area contributed by atoms with Gasteiger partial charge < -0.3 is 10.1 Å². The van der Waals surface area contributed by atoms with Gasteiger partial charge in [-0.3, -0.25) is 29.6 Å². The van der Waals surface area contributed by atoms with Crippen molar-refractivity contribution in [2.45, 2.75) is 46.5 Å². The molecule has 0 saturated carbocycles. The lowest BCUT2D eigenvalue weighted by atomic mass is 9.87. The molecule has 1 heterocycles. The molecule has 0 unspecified atom stereocenters. The standard InChI is InChI=1S/C26H30BrN3O5/c1-15-10-20(11-16(2)23(15)27)28-21(31)14-35-25(34)18-12-22(32)30(13-18)29-24(33)17-6-8-19(9-7-17)26(3,4)5/h6-11,18H,12-14H2,1-5H3,(H,28,31)(H,29,33)/t18-/m0/s1. The molecule has 1 aliphatic rings. The summed E-state index contributed by atoms with van der Waals surface area (Å²) in [6.07, 6.45) is -0.102. The number of hydrazine groups is 1. The van der Waals surface area contributed by atoms with Crippen LogP contribution in [0.15, 0.2) is 40.9 Å². The number of benzene rings is 2. The first-order valence-electron chi connectivity index (χ1n) is 11.3. The number of rotatable bonds is 6. The van der Waals surface area contributed by atoms with Crippen LogP contribution in [0.25, 0.3) is 0 Å². The predicted molar refractivity (Wildman–Crippen MR) is 136 cm³/mol. The number of nitrogens with one attached hydrogen (secondary N) is 2. The maximum atomic E-state index is 12.6. The quantitative estimate of drug-likeness (QED) is 0.535. The zero-order chi connectivity index (χ0) is 25.9. The van der Waals surface area contributed by atoms with Crippen molar-refractivity contribution >= 4 is 45.3 Å². The average Bonchev–Trinajstić information content (AvgIpc) is 3.15. The number of hydrogen-bond donors (Lipinski definition) is 2. The van der Waals surface area contributed by atoms with Crippen molar-refractivity contribution in [1.29, 1.82) is 0 Å². The third-order valence-electron chi connectivity index (χ3n) is 5.77. The van der Waals surface area contributed by atoms with Crippen LogP contribution in [0, 0.1) is 19.8 Å². The highest BCUT2D eigenvalue weighted by molar-refractivity contribution is 9.10. The monoisotopic (exact) mass is 543 g/mol. The Balaban J connectivity index is 1.50. The number of esters is 1. The van der Waals surface area contributed by atoms with E-state index in [0.717, 1.165) is 26.2 Å². The maximum absolute atomic E-state index is 12.6. The number of nitrogens with zero attached hydrogens (tertiary/aromatic N) is 1. The minimum atomic E-state index is -0.768. The fourth-order valence-corrected chi connectivity index (χ4v) is 3.98. The summed E-state index contributed by atoms with van der Waals surface area (Å²) in [5.74, 6) is -2.74. The number of hydrogen-bond acceptors (Lipinski definition) is 5. The highest BCUT2D eigenvalue weighted by Gasteiger charge is 2.36. The Bertz CT molecular complexity index is 1130. The molecule has 35 heavy (non-hydrogen) atoms. The van der Waals surface area contributed by atoms with Crippen molar-refractivity contribution in [2.75, 3.05) is 18.5 Å². The first kappa shape index (κ1) is 26.4. The van der Waals surface area contributed by atoms with E-state index >= 15 is 0 Å². The van der Waals surface area contributed by atoms with Gasteiger partial charge in [0, 0.05) is 22.1 Å². The van der Waals surface area contributed by atoms with Gasteiger partial charge in [-0.1, -0.05) is 48.8 Å². The number of carbonyl (C=O) groups excluding carboxylic acids is 4. The normalized spacial score (nSPS) is 15.7. The number of carbonyl (C=O) groups is 4. The van der Waals surface area contributed by atoms with E-state index in [4.69, 9.17) is 4.74 Å². The molecule has 3 rings (SSSR count). The van der Waals surface area contributed by atoms with Gasteiger partial charge in [0.1, 0.15) is 0 Å². The van der Waals surface area contributed by atoms with Gasteiger partial charge >= 0.3 is 5.97 Å². The smallest absolute Gasteiger partial charge is 0.311 e.